The molecule has 0 amide bonds. The van der Waals surface area contributed by atoms with E-state index in [9.17, 15) is 8.42 Å². The summed E-state index contributed by atoms with van der Waals surface area (Å²) in [6, 6.07) is 8.31. The van der Waals surface area contributed by atoms with Gasteiger partial charge in [0.05, 0.1) is 10.6 Å². The molecule has 0 bridgehead atoms. The maximum Gasteiger partial charge on any atom is 0.179 e. The molecular weight excluding hydrogens is 244 g/mol. The fourth-order valence-electron chi connectivity index (χ4n) is 0.847. The normalized spacial score (nSPS) is 9.31. The molecule has 0 heterocycles. The van der Waals surface area contributed by atoms with Crippen LogP contribution in [0.1, 0.15) is 27.7 Å². The Bertz CT molecular complexity index is 333. The van der Waals surface area contributed by atoms with Crippen molar-refractivity contribution in [2.75, 3.05) is 11.6 Å². The van der Waals surface area contributed by atoms with Gasteiger partial charge in [-0.05, 0) is 12.1 Å². The van der Waals surface area contributed by atoms with Gasteiger partial charge in [-0.3, -0.25) is 0 Å². The molecule has 0 fully saturated rings. The van der Waals surface area contributed by atoms with E-state index in [1.807, 2.05) is 27.7 Å². The zero-order chi connectivity index (χ0) is 13.0. The van der Waals surface area contributed by atoms with Crippen LogP contribution in [-0.2, 0) is 9.84 Å². The lowest BCUT2D eigenvalue weighted by Gasteiger charge is -1.99. The van der Waals surface area contributed by atoms with E-state index in [2.05, 4.69) is 0 Å². The molecule has 0 saturated carbocycles. The van der Waals surface area contributed by atoms with Gasteiger partial charge in [-0.25, -0.2) is 8.42 Å². The van der Waals surface area contributed by atoms with Crippen LogP contribution < -0.4 is 0 Å². The maximum atomic E-state index is 11.3. The van der Waals surface area contributed by atoms with E-state index >= 15 is 0 Å². The molecule has 1 aromatic rings. The summed E-state index contributed by atoms with van der Waals surface area (Å²) < 4.78 is 22.7. The van der Waals surface area contributed by atoms with Crippen molar-refractivity contribution in [2.45, 2.75) is 32.6 Å². The van der Waals surface area contributed by atoms with Crippen LogP contribution in [0.2, 0.25) is 0 Å². The first kappa shape index (κ1) is 17.8. The minimum absolute atomic E-state index is 0.00142. The molecule has 2 nitrogen and oxygen atoms in total. The average Bonchev–Trinajstić information content (AvgIpc) is 2.35. The molecule has 0 aliphatic carbocycles. The van der Waals surface area contributed by atoms with Crippen molar-refractivity contribution in [1.82, 2.24) is 0 Å². The SMILES string of the molecule is CC.CC.O=S(=O)(CCCl)c1ccccc1. The first-order valence-corrected chi connectivity index (χ1v) is 7.69. The lowest BCUT2D eigenvalue weighted by molar-refractivity contribution is 0.597. The van der Waals surface area contributed by atoms with Gasteiger partial charge in [-0.2, -0.15) is 0 Å². The molecule has 16 heavy (non-hydrogen) atoms. The van der Waals surface area contributed by atoms with Crippen molar-refractivity contribution in [1.29, 1.82) is 0 Å². The summed E-state index contributed by atoms with van der Waals surface area (Å²) in [7, 11) is -3.14. The van der Waals surface area contributed by atoms with Gasteiger partial charge in [0.25, 0.3) is 0 Å². The van der Waals surface area contributed by atoms with Crippen molar-refractivity contribution in [3.05, 3.63) is 30.3 Å². The third-order valence-corrected chi connectivity index (χ3v) is 3.59. The molecule has 0 aliphatic rings. The Kier molecular flexibility index (Phi) is 12.2. The highest BCUT2D eigenvalue weighted by molar-refractivity contribution is 7.91. The first-order valence-electron chi connectivity index (χ1n) is 5.50. The standard InChI is InChI=1S/C8H9ClO2S.2C2H6/c9-6-7-12(10,11)8-4-2-1-3-5-8;2*1-2/h1-5H,6-7H2;2*1-2H3. The van der Waals surface area contributed by atoms with Crippen LogP contribution in [0.5, 0.6) is 0 Å². The molecule has 0 aliphatic heterocycles. The Labute approximate surface area is 105 Å². The smallest absolute Gasteiger partial charge is 0.179 e. The Balaban J connectivity index is 0. The van der Waals surface area contributed by atoms with Crippen LogP contribution in [0, 0.1) is 0 Å². The molecular formula is C12H21ClO2S. The van der Waals surface area contributed by atoms with Crippen LogP contribution >= 0.6 is 11.6 Å². The minimum Gasteiger partial charge on any atom is -0.224 e. The summed E-state index contributed by atoms with van der Waals surface area (Å²) >= 11 is 5.36. The number of rotatable bonds is 3. The topological polar surface area (TPSA) is 34.1 Å². The molecule has 0 spiro atoms. The van der Waals surface area contributed by atoms with Crippen LogP contribution in [0.4, 0.5) is 0 Å². The van der Waals surface area contributed by atoms with E-state index in [-0.39, 0.29) is 11.6 Å². The fraction of sp³-hybridized carbons (Fsp3) is 0.500. The van der Waals surface area contributed by atoms with E-state index in [1.54, 1.807) is 30.3 Å². The quantitative estimate of drug-likeness (QED) is 0.779. The molecule has 4 heteroatoms. The highest BCUT2D eigenvalue weighted by atomic mass is 35.5. The lowest BCUT2D eigenvalue weighted by atomic mass is 10.4. The van der Waals surface area contributed by atoms with Gasteiger partial charge >= 0.3 is 0 Å². The van der Waals surface area contributed by atoms with Gasteiger partial charge in [0.1, 0.15) is 0 Å². The number of sulfone groups is 1. The third kappa shape index (κ3) is 6.85. The van der Waals surface area contributed by atoms with Crippen molar-refractivity contribution in [3.8, 4) is 0 Å². The monoisotopic (exact) mass is 264 g/mol. The van der Waals surface area contributed by atoms with Crippen molar-refractivity contribution in [3.63, 3.8) is 0 Å². The summed E-state index contributed by atoms with van der Waals surface area (Å²) in [5.74, 6) is 0.135. The van der Waals surface area contributed by atoms with E-state index in [1.165, 1.54) is 0 Å². The maximum absolute atomic E-state index is 11.3. The second-order valence-electron chi connectivity index (χ2n) is 2.32. The molecule has 1 rings (SSSR count). The third-order valence-electron chi connectivity index (χ3n) is 1.45. The van der Waals surface area contributed by atoms with Crippen molar-refractivity contribution >= 4 is 21.4 Å². The van der Waals surface area contributed by atoms with Gasteiger partial charge in [0, 0.05) is 5.88 Å². The molecule has 0 unspecified atom stereocenters. The van der Waals surface area contributed by atoms with Crippen molar-refractivity contribution in [2.24, 2.45) is 0 Å². The van der Waals surface area contributed by atoms with E-state index in [0.717, 1.165) is 0 Å². The Morgan fingerprint density at radius 2 is 1.44 bits per heavy atom. The lowest BCUT2D eigenvalue weighted by Crippen LogP contribution is -2.07. The van der Waals surface area contributed by atoms with Gasteiger partial charge in [-0.1, -0.05) is 45.9 Å². The van der Waals surface area contributed by atoms with E-state index < -0.39 is 9.84 Å². The molecule has 0 saturated heterocycles. The largest absolute Gasteiger partial charge is 0.224 e. The van der Waals surface area contributed by atoms with Crippen LogP contribution in [-0.4, -0.2) is 20.1 Å². The first-order chi connectivity index (χ1) is 7.67. The fourth-order valence-corrected chi connectivity index (χ4v) is 2.47. The molecule has 1 aromatic carbocycles. The minimum atomic E-state index is -3.14. The molecule has 0 aromatic heterocycles. The van der Waals surface area contributed by atoms with Crippen LogP contribution in [0.15, 0.2) is 35.2 Å². The Morgan fingerprint density at radius 3 is 1.81 bits per heavy atom. The zero-order valence-electron chi connectivity index (χ0n) is 10.4. The van der Waals surface area contributed by atoms with Gasteiger partial charge in [-0.15, -0.1) is 11.6 Å². The zero-order valence-corrected chi connectivity index (χ0v) is 12.0. The summed E-state index contributed by atoms with van der Waals surface area (Å²) in [5, 5.41) is 0. The molecule has 0 atom stereocenters. The highest BCUT2D eigenvalue weighted by Crippen LogP contribution is 2.09. The second kappa shape index (κ2) is 11.0. The van der Waals surface area contributed by atoms with Crippen molar-refractivity contribution < 1.29 is 8.42 Å². The van der Waals surface area contributed by atoms with Crippen LogP contribution in [0.3, 0.4) is 0 Å². The average molecular weight is 265 g/mol. The number of alkyl halides is 1. The summed E-state index contributed by atoms with van der Waals surface area (Å²) in [6.07, 6.45) is 0. The number of halogens is 1. The number of benzene rings is 1. The summed E-state index contributed by atoms with van der Waals surface area (Å²) in [6.45, 7) is 8.00. The molecule has 0 N–H and O–H groups in total. The molecule has 94 valence electrons. The van der Waals surface area contributed by atoms with E-state index in [4.69, 9.17) is 11.6 Å². The highest BCUT2D eigenvalue weighted by Gasteiger charge is 2.11. The summed E-state index contributed by atoms with van der Waals surface area (Å²) in [5.41, 5.74) is 0. The van der Waals surface area contributed by atoms with Gasteiger partial charge < -0.3 is 0 Å². The Hall–Kier alpha value is -0.540. The predicted molar refractivity (Wildman–Crippen MR) is 71.9 cm³/mol. The summed E-state index contributed by atoms with van der Waals surface area (Å²) in [4.78, 5) is 0.339. The Morgan fingerprint density at radius 1 is 1.00 bits per heavy atom. The van der Waals surface area contributed by atoms with Crippen LogP contribution in [0.25, 0.3) is 0 Å². The number of hydrogen-bond donors (Lipinski definition) is 0. The second-order valence-corrected chi connectivity index (χ2v) is 4.81. The van der Waals surface area contributed by atoms with Gasteiger partial charge in [0.15, 0.2) is 9.84 Å². The molecule has 0 radical (unpaired) electrons. The predicted octanol–water partition coefficient (Wildman–Crippen LogP) is 3.75. The number of hydrogen-bond acceptors (Lipinski definition) is 2. The van der Waals surface area contributed by atoms with Gasteiger partial charge in [0.2, 0.25) is 0 Å². The van der Waals surface area contributed by atoms with E-state index in [0.29, 0.717) is 4.90 Å².